The van der Waals surface area contributed by atoms with Crippen molar-refractivity contribution in [2.45, 2.75) is 12.6 Å². The molecule has 1 saturated heterocycles. The molecule has 1 aromatic rings. The van der Waals surface area contributed by atoms with Gasteiger partial charge in [0.15, 0.2) is 0 Å². The third-order valence-electron chi connectivity index (χ3n) is 2.75. The summed E-state index contributed by atoms with van der Waals surface area (Å²) in [7, 11) is 0. The quantitative estimate of drug-likeness (QED) is 0.561. The van der Waals surface area contributed by atoms with Crippen LogP contribution in [-0.4, -0.2) is 45.9 Å². The molecular weight excluding hydrogens is 258 g/mol. The lowest BCUT2D eigenvalue weighted by molar-refractivity contribution is -0.402. The van der Waals surface area contributed by atoms with Crippen molar-refractivity contribution in [3.63, 3.8) is 0 Å². The molecule has 0 aliphatic carbocycles. The number of amides is 1. The fourth-order valence-corrected chi connectivity index (χ4v) is 1.85. The molecule has 0 radical (unpaired) electrons. The fourth-order valence-electron chi connectivity index (χ4n) is 1.85. The molecule has 2 rings (SSSR count). The largest absolute Gasteiger partial charge is 0.480 e. The molecule has 19 heavy (non-hydrogen) atoms. The molecule has 2 heterocycles. The van der Waals surface area contributed by atoms with Crippen LogP contribution in [0.5, 0.6) is 0 Å². The van der Waals surface area contributed by atoms with Crippen molar-refractivity contribution in [1.82, 2.24) is 10.2 Å². The van der Waals surface area contributed by atoms with Crippen molar-refractivity contribution in [1.29, 1.82) is 0 Å². The summed E-state index contributed by atoms with van der Waals surface area (Å²) in [6.45, 7) is -0.0688. The van der Waals surface area contributed by atoms with Crippen LogP contribution in [0.4, 0.5) is 5.88 Å². The van der Waals surface area contributed by atoms with Crippen LogP contribution in [0.3, 0.4) is 0 Å². The maximum Gasteiger partial charge on any atom is 0.433 e. The van der Waals surface area contributed by atoms with Crippen molar-refractivity contribution >= 4 is 17.8 Å². The molecule has 1 aliphatic heterocycles. The second kappa shape index (κ2) is 5.06. The minimum Gasteiger partial charge on any atom is -0.480 e. The van der Waals surface area contributed by atoms with Crippen LogP contribution in [0.15, 0.2) is 16.5 Å². The molecule has 1 atom stereocenters. The zero-order chi connectivity index (χ0) is 14.0. The van der Waals surface area contributed by atoms with E-state index in [4.69, 9.17) is 9.52 Å². The third-order valence-corrected chi connectivity index (χ3v) is 2.75. The maximum absolute atomic E-state index is 11.3. The van der Waals surface area contributed by atoms with E-state index in [0.717, 1.165) is 0 Å². The second-order valence-corrected chi connectivity index (χ2v) is 4.06. The van der Waals surface area contributed by atoms with Gasteiger partial charge in [-0.3, -0.25) is 24.6 Å². The molecule has 9 heteroatoms. The Kier molecular flexibility index (Phi) is 3.47. The van der Waals surface area contributed by atoms with Crippen molar-refractivity contribution < 1.29 is 24.0 Å². The number of carboxylic acid groups (broad SMARTS) is 1. The van der Waals surface area contributed by atoms with E-state index in [1.165, 1.54) is 17.0 Å². The molecule has 9 nitrogen and oxygen atoms in total. The average molecular weight is 269 g/mol. The Morgan fingerprint density at radius 1 is 1.63 bits per heavy atom. The summed E-state index contributed by atoms with van der Waals surface area (Å²) in [5, 5.41) is 22.0. The van der Waals surface area contributed by atoms with Crippen molar-refractivity contribution in [2.75, 3.05) is 13.1 Å². The van der Waals surface area contributed by atoms with Gasteiger partial charge in [-0.05, 0) is 6.07 Å². The summed E-state index contributed by atoms with van der Waals surface area (Å²) >= 11 is 0. The Bertz CT molecular complexity index is 525. The number of carbonyl (C=O) groups excluding carboxylic acids is 1. The van der Waals surface area contributed by atoms with Crippen LogP contribution in [0.2, 0.25) is 0 Å². The first-order valence-electron chi connectivity index (χ1n) is 5.44. The molecule has 102 valence electrons. The van der Waals surface area contributed by atoms with Gasteiger partial charge in [0.05, 0.1) is 19.2 Å². The molecule has 1 unspecified atom stereocenters. The average Bonchev–Trinajstić information content (AvgIpc) is 2.77. The minimum atomic E-state index is -1.07. The molecule has 1 fully saturated rings. The first kappa shape index (κ1) is 13.0. The number of piperazine rings is 1. The number of carbonyl (C=O) groups is 2. The predicted molar refractivity (Wildman–Crippen MR) is 60.2 cm³/mol. The Balaban J connectivity index is 2.11. The molecule has 0 spiro atoms. The number of rotatable bonds is 4. The highest BCUT2D eigenvalue weighted by Gasteiger charge is 2.32. The molecule has 0 bridgehead atoms. The second-order valence-electron chi connectivity index (χ2n) is 4.06. The predicted octanol–water partition coefficient (Wildman–Crippen LogP) is -0.427. The van der Waals surface area contributed by atoms with Gasteiger partial charge in [0.25, 0.3) is 0 Å². The lowest BCUT2D eigenvalue weighted by Gasteiger charge is -2.31. The van der Waals surface area contributed by atoms with E-state index in [0.29, 0.717) is 0 Å². The van der Waals surface area contributed by atoms with Crippen LogP contribution in [0.1, 0.15) is 5.76 Å². The summed E-state index contributed by atoms with van der Waals surface area (Å²) in [4.78, 5) is 33.5. The zero-order valence-corrected chi connectivity index (χ0v) is 9.74. The minimum absolute atomic E-state index is 0.00301. The fraction of sp³-hybridized carbons (Fsp3) is 0.400. The van der Waals surface area contributed by atoms with Crippen LogP contribution in [0, 0.1) is 10.1 Å². The Labute approximate surface area is 106 Å². The lowest BCUT2D eigenvalue weighted by atomic mass is 10.2. The molecule has 1 amide bonds. The van der Waals surface area contributed by atoms with E-state index in [2.05, 4.69) is 5.32 Å². The van der Waals surface area contributed by atoms with Gasteiger partial charge in [-0.25, -0.2) is 0 Å². The van der Waals surface area contributed by atoms with Gasteiger partial charge in [-0.15, -0.1) is 0 Å². The smallest absolute Gasteiger partial charge is 0.433 e. The molecule has 2 N–H and O–H groups in total. The number of nitro groups is 1. The van der Waals surface area contributed by atoms with Gasteiger partial charge < -0.3 is 14.8 Å². The number of aliphatic carboxylic acids is 1. The van der Waals surface area contributed by atoms with Crippen LogP contribution in [0.25, 0.3) is 0 Å². The highest BCUT2D eigenvalue weighted by molar-refractivity contribution is 5.83. The zero-order valence-electron chi connectivity index (χ0n) is 9.74. The van der Waals surface area contributed by atoms with E-state index in [1.807, 2.05) is 0 Å². The Morgan fingerprint density at radius 3 is 2.95 bits per heavy atom. The van der Waals surface area contributed by atoms with Gasteiger partial charge in [0.2, 0.25) is 5.91 Å². The van der Waals surface area contributed by atoms with E-state index >= 15 is 0 Å². The van der Waals surface area contributed by atoms with Crippen LogP contribution < -0.4 is 5.32 Å². The maximum atomic E-state index is 11.3. The number of carboxylic acids is 1. The number of hydrogen-bond donors (Lipinski definition) is 2. The van der Waals surface area contributed by atoms with Crippen molar-refractivity contribution in [3.05, 3.63) is 28.0 Å². The summed E-state index contributed by atoms with van der Waals surface area (Å²) < 4.78 is 4.95. The summed E-state index contributed by atoms with van der Waals surface area (Å²) in [6, 6.07) is 1.71. The molecular formula is C10H11N3O6. The van der Waals surface area contributed by atoms with Gasteiger partial charge >= 0.3 is 11.9 Å². The number of nitrogens with zero attached hydrogens (tertiary/aromatic N) is 2. The van der Waals surface area contributed by atoms with Gasteiger partial charge in [-0.1, -0.05) is 0 Å². The normalized spacial score (nSPS) is 20.0. The van der Waals surface area contributed by atoms with E-state index < -0.39 is 22.8 Å². The highest BCUT2D eigenvalue weighted by atomic mass is 16.6. The van der Waals surface area contributed by atoms with E-state index in [-0.39, 0.29) is 31.3 Å². The SMILES string of the molecule is O=C1CN(Cc2ccc([N+](=O)[O-])o2)C(C(=O)O)CN1. The standard InChI is InChI=1S/C10H11N3O6/c14-8-5-12(7(3-11-8)10(15)16)4-6-1-2-9(19-6)13(17)18/h1-2,7H,3-5H2,(H,11,14)(H,15,16). The van der Waals surface area contributed by atoms with Crippen molar-refractivity contribution in [2.24, 2.45) is 0 Å². The number of hydrogen-bond acceptors (Lipinski definition) is 6. The monoisotopic (exact) mass is 269 g/mol. The molecule has 0 saturated carbocycles. The van der Waals surface area contributed by atoms with E-state index in [1.54, 1.807) is 0 Å². The Hall–Kier alpha value is -2.42. The topological polar surface area (TPSA) is 126 Å². The van der Waals surface area contributed by atoms with Gasteiger partial charge in [0, 0.05) is 6.54 Å². The summed E-state index contributed by atoms with van der Waals surface area (Å²) in [5.74, 6) is -1.53. The first-order chi connectivity index (χ1) is 8.97. The lowest BCUT2D eigenvalue weighted by Crippen LogP contribution is -2.56. The number of furan rings is 1. The van der Waals surface area contributed by atoms with Crippen LogP contribution in [-0.2, 0) is 16.1 Å². The van der Waals surface area contributed by atoms with Crippen molar-refractivity contribution in [3.8, 4) is 0 Å². The van der Waals surface area contributed by atoms with Gasteiger partial charge in [0.1, 0.15) is 16.7 Å². The Morgan fingerprint density at radius 2 is 2.37 bits per heavy atom. The summed E-state index contributed by atoms with van der Waals surface area (Å²) in [6.07, 6.45) is 0. The summed E-state index contributed by atoms with van der Waals surface area (Å²) in [5.41, 5.74) is 0. The van der Waals surface area contributed by atoms with Gasteiger partial charge in [-0.2, -0.15) is 0 Å². The molecule has 1 aromatic heterocycles. The van der Waals surface area contributed by atoms with E-state index in [9.17, 15) is 19.7 Å². The molecule has 0 aromatic carbocycles. The molecule has 1 aliphatic rings. The number of nitrogens with one attached hydrogen (secondary N) is 1. The third kappa shape index (κ3) is 2.88. The first-order valence-corrected chi connectivity index (χ1v) is 5.44. The van der Waals surface area contributed by atoms with Crippen LogP contribution >= 0.6 is 0 Å². The highest BCUT2D eigenvalue weighted by Crippen LogP contribution is 2.18.